The number of aromatic nitrogens is 2. The van der Waals surface area contributed by atoms with Crippen molar-refractivity contribution in [2.24, 2.45) is 17.8 Å². The van der Waals surface area contributed by atoms with E-state index in [2.05, 4.69) is 23.8 Å². The number of pyridine rings is 2. The summed E-state index contributed by atoms with van der Waals surface area (Å²) in [5.41, 5.74) is 1.29. The minimum absolute atomic E-state index is 0.285. The highest BCUT2D eigenvalue weighted by Crippen LogP contribution is 2.40. The van der Waals surface area contributed by atoms with Crippen molar-refractivity contribution in [2.45, 2.75) is 154 Å². The molecule has 0 atom stereocenters. The Morgan fingerprint density at radius 3 is 1.42 bits per heavy atom. The van der Waals surface area contributed by atoms with E-state index in [0.717, 1.165) is 73.2 Å². The van der Waals surface area contributed by atoms with Gasteiger partial charge in [0.1, 0.15) is 23.0 Å². The van der Waals surface area contributed by atoms with E-state index in [1.807, 2.05) is 12.1 Å². The number of halogens is 8. The van der Waals surface area contributed by atoms with Gasteiger partial charge in [0, 0.05) is 34.6 Å². The fourth-order valence-corrected chi connectivity index (χ4v) is 8.92. The lowest BCUT2D eigenvalue weighted by Gasteiger charge is -2.29. The molecule has 2 heterocycles. The van der Waals surface area contributed by atoms with Crippen molar-refractivity contribution in [3.63, 3.8) is 0 Å². The summed E-state index contributed by atoms with van der Waals surface area (Å²) in [6.45, 7) is 4.47. The Hall–Kier alpha value is -3.82. The van der Waals surface area contributed by atoms with E-state index in [4.69, 9.17) is 0 Å². The van der Waals surface area contributed by atoms with Gasteiger partial charge in [-0.3, -0.25) is 9.97 Å². The molecule has 2 aromatic heterocycles. The molecule has 322 valence electrons. The first-order valence-electron chi connectivity index (χ1n) is 21.9. The van der Waals surface area contributed by atoms with Crippen LogP contribution in [-0.4, -0.2) is 9.97 Å². The summed E-state index contributed by atoms with van der Waals surface area (Å²) in [5.74, 6) is 1.97. The van der Waals surface area contributed by atoms with Crippen molar-refractivity contribution >= 4 is 0 Å². The highest BCUT2D eigenvalue weighted by Gasteiger charge is 2.33. The van der Waals surface area contributed by atoms with Gasteiger partial charge in [-0.15, -0.1) is 0 Å². The lowest BCUT2D eigenvalue weighted by Crippen LogP contribution is -2.15. The Labute approximate surface area is 345 Å². The van der Waals surface area contributed by atoms with Crippen LogP contribution in [0.5, 0.6) is 0 Å². The molecule has 0 amide bonds. The minimum atomic E-state index is -4.49. The molecule has 2 nitrogen and oxygen atoms in total. The summed E-state index contributed by atoms with van der Waals surface area (Å²) in [5, 5.41) is 0. The van der Waals surface area contributed by atoms with Crippen molar-refractivity contribution in [1.82, 2.24) is 9.97 Å². The number of alkyl halides is 6. The minimum Gasteiger partial charge on any atom is -0.251 e. The van der Waals surface area contributed by atoms with Crippen molar-refractivity contribution in [1.29, 1.82) is 0 Å². The Balaban J connectivity index is 0.000000224. The van der Waals surface area contributed by atoms with Gasteiger partial charge < -0.3 is 0 Å². The van der Waals surface area contributed by atoms with Gasteiger partial charge >= 0.3 is 12.4 Å². The summed E-state index contributed by atoms with van der Waals surface area (Å²) < 4.78 is 105. The molecule has 0 bridgehead atoms. The Morgan fingerprint density at radius 1 is 0.508 bits per heavy atom. The molecule has 2 saturated carbocycles. The number of rotatable bonds is 15. The van der Waals surface area contributed by atoms with Crippen LogP contribution in [0.4, 0.5) is 35.1 Å². The van der Waals surface area contributed by atoms with E-state index in [-0.39, 0.29) is 5.56 Å². The van der Waals surface area contributed by atoms with E-state index in [1.54, 1.807) is 18.2 Å². The normalized spacial score (nSPS) is 19.9. The highest BCUT2D eigenvalue weighted by atomic mass is 19.4. The van der Waals surface area contributed by atoms with E-state index < -0.39 is 35.4 Å². The van der Waals surface area contributed by atoms with Crippen LogP contribution in [0, 0.1) is 29.4 Å². The molecule has 2 fully saturated rings. The van der Waals surface area contributed by atoms with E-state index in [0.29, 0.717) is 28.5 Å². The van der Waals surface area contributed by atoms with Gasteiger partial charge in [0.05, 0.1) is 0 Å². The quantitative estimate of drug-likeness (QED) is 0.0881. The Bertz CT molecular complexity index is 1840. The van der Waals surface area contributed by atoms with Crippen LogP contribution in [0.3, 0.4) is 0 Å². The first-order valence-corrected chi connectivity index (χ1v) is 21.9. The molecule has 59 heavy (non-hydrogen) atoms. The summed E-state index contributed by atoms with van der Waals surface area (Å²) in [6.07, 6.45) is 16.7. The third kappa shape index (κ3) is 14.1. The number of hydrogen-bond donors (Lipinski definition) is 0. The van der Waals surface area contributed by atoms with Crippen molar-refractivity contribution in [3.8, 4) is 22.3 Å². The molecule has 2 aliphatic rings. The van der Waals surface area contributed by atoms with Crippen LogP contribution >= 0.6 is 0 Å². The molecule has 0 radical (unpaired) electrons. The summed E-state index contributed by atoms with van der Waals surface area (Å²) in [4.78, 5) is 6.86. The molecule has 0 N–H and O–H groups in total. The molecule has 0 aliphatic heterocycles. The van der Waals surface area contributed by atoms with Gasteiger partial charge in [0.25, 0.3) is 0 Å². The van der Waals surface area contributed by atoms with Gasteiger partial charge in [0.15, 0.2) is 0 Å². The van der Waals surface area contributed by atoms with Crippen molar-refractivity contribution in [3.05, 3.63) is 107 Å². The molecule has 6 rings (SSSR count). The Kier molecular flexibility index (Phi) is 17.4. The van der Waals surface area contributed by atoms with Crippen LogP contribution in [0.1, 0.15) is 158 Å². The number of nitrogens with zero attached hydrogens (tertiary/aromatic N) is 2. The van der Waals surface area contributed by atoms with Crippen molar-refractivity contribution in [2.75, 3.05) is 0 Å². The average molecular weight is 829 g/mol. The van der Waals surface area contributed by atoms with E-state index in [1.165, 1.54) is 115 Å². The lowest BCUT2D eigenvalue weighted by molar-refractivity contribution is -0.141. The zero-order valence-electron chi connectivity index (χ0n) is 34.6. The largest absolute Gasteiger partial charge is 0.433 e. The van der Waals surface area contributed by atoms with E-state index in [9.17, 15) is 35.1 Å². The average Bonchev–Trinajstić information content (AvgIpc) is 3.22. The second-order valence-corrected chi connectivity index (χ2v) is 16.9. The fourth-order valence-electron chi connectivity index (χ4n) is 8.92. The summed E-state index contributed by atoms with van der Waals surface area (Å²) >= 11 is 0. The van der Waals surface area contributed by atoms with Gasteiger partial charge in [0.2, 0.25) is 0 Å². The highest BCUT2D eigenvalue weighted by molar-refractivity contribution is 5.64. The van der Waals surface area contributed by atoms with Crippen LogP contribution in [0.15, 0.2) is 73.1 Å². The molecule has 2 aliphatic carbocycles. The molecular weight excluding hydrogens is 769 g/mol. The molecule has 4 aromatic rings. The third-order valence-electron chi connectivity index (χ3n) is 12.6. The van der Waals surface area contributed by atoms with Crippen LogP contribution < -0.4 is 0 Å². The zero-order valence-corrected chi connectivity index (χ0v) is 34.6. The second kappa shape index (κ2) is 22.1. The maximum absolute atomic E-state index is 14.7. The third-order valence-corrected chi connectivity index (χ3v) is 12.6. The number of aryl methyl sites for hydroxylation is 1. The van der Waals surface area contributed by atoms with Crippen LogP contribution in [0.2, 0.25) is 0 Å². The molecule has 2 aromatic carbocycles. The molecule has 0 unspecified atom stereocenters. The zero-order chi connectivity index (χ0) is 42.4. The monoisotopic (exact) mass is 828 g/mol. The lowest BCUT2D eigenvalue weighted by atomic mass is 9.77. The number of hydrogen-bond acceptors (Lipinski definition) is 2. The van der Waals surface area contributed by atoms with Crippen molar-refractivity contribution < 1.29 is 35.1 Å². The molecule has 0 spiro atoms. The number of benzene rings is 2. The van der Waals surface area contributed by atoms with Gasteiger partial charge in [-0.2, -0.15) is 26.3 Å². The van der Waals surface area contributed by atoms with E-state index >= 15 is 0 Å². The topological polar surface area (TPSA) is 25.8 Å². The summed E-state index contributed by atoms with van der Waals surface area (Å²) in [7, 11) is 0. The maximum Gasteiger partial charge on any atom is 0.433 e. The molecular formula is C49H60F8N2. The predicted molar refractivity (Wildman–Crippen MR) is 221 cm³/mol. The smallest absolute Gasteiger partial charge is 0.251 e. The number of unbranched alkanes of at least 4 members (excludes halogenated alkanes) is 5. The SMILES string of the molecule is CCCCCC1CCC(CCc2ccc(-c3ccc(C(F)(F)F)nc3)c(F)c2)CC1.CCCCCCC1CCC(c2ccc(-c3ccc(C(F)(F)F)nc3)c(F)c2)CC1. The molecule has 10 heteroatoms. The first kappa shape index (κ1) is 46.2. The van der Waals surface area contributed by atoms with Gasteiger partial charge in [-0.1, -0.05) is 134 Å². The Morgan fingerprint density at radius 2 is 0.966 bits per heavy atom. The summed E-state index contributed by atoms with van der Waals surface area (Å²) in [6, 6.07) is 14.5. The maximum atomic E-state index is 14.7. The van der Waals surface area contributed by atoms with Gasteiger partial charge in [-0.25, -0.2) is 8.78 Å². The van der Waals surface area contributed by atoms with Crippen LogP contribution in [0.25, 0.3) is 22.3 Å². The predicted octanol–water partition coefficient (Wildman–Crippen LogP) is 16.4. The second-order valence-electron chi connectivity index (χ2n) is 16.9. The standard InChI is InChI=1S/C25H31F4N.C24H29F4N/c1-2-3-4-5-18-6-8-19(9-7-18)10-11-20-12-14-22(23(26)16-20)21-13-15-24(30-17-21)25(27,28)29;1-2-3-4-5-6-17-7-9-18(10-8-17)19-11-13-21(22(25)15-19)20-12-14-23(29-16-20)24(26,27)28/h12-19H,2-11H2,1H3;11-18H,2-10H2,1H3. The van der Waals surface area contributed by atoms with Crippen LogP contribution in [-0.2, 0) is 18.8 Å². The fraction of sp³-hybridized carbons (Fsp3) is 0.551. The molecule has 0 saturated heterocycles. The van der Waals surface area contributed by atoms with Gasteiger partial charge in [-0.05, 0) is 97.6 Å². The first-order chi connectivity index (χ1) is 28.2.